The first-order valence-corrected chi connectivity index (χ1v) is 9.38. The molecule has 0 saturated carbocycles. The topological polar surface area (TPSA) is 93.7 Å². The minimum absolute atomic E-state index is 0.0458. The standard InChI is InChI=1S/C16H24N2O5S/c1-11(2)18-24(20,21)15-8-13(4-5-14(15)22-3)16(19)17-9-12-6-7-23-10-12/h4-5,8,11-12,18H,6-7,9-10H2,1-3H3,(H,17,19). The Hall–Kier alpha value is -1.64. The highest BCUT2D eigenvalue weighted by Gasteiger charge is 2.23. The minimum Gasteiger partial charge on any atom is -0.495 e. The van der Waals surface area contributed by atoms with Crippen molar-refractivity contribution in [2.75, 3.05) is 26.9 Å². The maximum absolute atomic E-state index is 12.4. The summed E-state index contributed by atoms with van der Waals surface area (Å²) < 4.78 is 37.7. The van der Waals surface area contributed by atoms with Gasteiger partial charge in [-0.05, 0) is 38.5 Å². The normalized spacial score (nSPS) is 17.9. The van der Waals surface area contributed by atoms with Crippen LogP contribution in [0.2, 0.25) is 0 Å². The highest BCUT2D eigenvalue weighted by molar-refractivity contribution is 7.89. The summed E-state index contributed by atoms with van der Waals surface area (Å²) in [4.78, 5) is 12.2. The zero-order valence-electron chi connectivity index (χ0n) is 14.2. The first kappa shape index (κ1) is 18.7. The number of methoxy groups -OCH3 is 1. The number of carbonyl (C=O) groups is 1. The molecule has 0 aliphatic carbocycles. The van der Waals surface area contributed by atoms with E-state index < -0.39 is 10.0 Å². The van der Waals surface area contributed by atoms with Crippen LogP contribution in [-0.4, -0.2) is 47.2 Å². The molecule has 8 heteroatoms. The number of amides is 1. The number of rotatable bonds is 7. The van der Waals surface area contributed by atoms with Crippen molar-refractivity contribution in [3.8, 4) is 5.75 Å². The fraction of sp³-hybridized carbons (Fsp3) is 0.562. The van der Waals surface area contributed by atoms with Gasteiger partial charge in [0.2, 0.25) is 10.0 Å². The van der Waals surface area contributed by atoms with Crippen LogP contribution in [0.3, 0.4) is 0 Å². The summed E-state index contributed by atoms with van der Waals surface area (Å²) in [5.74, 6) is 0.187. The Morgan fingerprint density at radius 1 is 1.42 bits per heavy atom. The molecule has 1 saturated heterocycles. The van der Waals surface area contributed by atoms with Gasteiger partial charge in [0.25, 0.3) is 5.91 Å². The molecule has 1 aliphatic rings. The van der Waals surface area contributed by atoms with Crippen LogP contribution in [0.1, 0.15) is 30.6 Å². The van der Waals surface area contributed by atoms with E-state index in [1.54, 1.807) is 19.9 Å². The molecule has 1 aliphatic heterocycles. The third-order valence-electron chi connectivity index (χ3n) is 3.68. The molecular formula is C16H24N2O5S. The van der Waals surface area contributed by atoms with Crippen LogP contribution in [0.25, 0.3) is 0 Å². The van der Waals surface area contributed by atoms with Gasteiger partial charge in [0.05, 0.1) is 13.7 Å². The smallest absolute Gasteiger partial charge is 0.251 e. The highest BCUT2D eigenvalue weighted by Crippen LogP contribution is 2.25. The second-order valence-corrected chi connectivity index (χ2v) is 7.76. The summed E-state index contributed by atoms with van der Waals surface area (Å²) in [7, 11) is -2.37. The number of carbonyl (C=O) groups excluding carboxylic acids is 1. The van der Waals surface area contributed by atoms with Crippen molar-refractivity contribution in [1.29, 1.82) is 0 Å². The van der Waals surface area contributed by atoms with Gasteiger partial charge < -0.3 is 14.8 Å². The monoisotopic (exact) mass is 356 g/mol. The van der Waals surface area contributed by atoms with Crippen molar-refractivity contribution in [3.63, 3.8) is 0 Å². The molecule has 0 bridgehead atoms. The molecule has 0 radical (unpaired) electrons. The van der Waals surface area contributed by atoms with Gasteiger partial charge >= 0.3 is 0 Å². The number of benzene rings is 1. The lowest BCUT2D eigenvalue weighted by Gasteiger charge is -2.14. The van der Waals surface area contributed by atoms with Crippen LogP contribution in [0.5, 0.6) is 5.75 Å². The van der Waals surface area contributed by atoms with Gasteiger partial charge in [-0.2, -0.15) is 0 Å². The molecule has 1 amide bonds. The van der Waals surface area contributed by atoms with Crippen molar-refractivity contribution < 1.29 is 22.7 Å². The third kappa shape index (κ3) is 4.68. The highest BCUT2D eigenvalue weighted by atomic mass is 32.2. The Kier molecular flexibility index (Phi) is 6.20. The lowest BCUT2D eigenvalue weighted by Crippen LogP contribution is -2.32. The Labute approximate surface area is 142 Å². The van der Waals surface area contributed by atoms with Crippen molar-refractivity contribution >= 4 is 15.9 Å². The predicted molar refractivity (Wildman–Crippen MR) is 89.7 cm³/mol. The second-order valence-electron chi connectivity index (χ2n) is 6.08. The van der Waals surface area contributed by atoms with Gasteiger partial charge in [-0.25, -0.2) is 13.1 Å². The van der Waals surface area contributed by atoms with E-state index in [0.717, 1.165) is 6.42 Å². The van der Waals surface area contributed by atoms with Gasteiger partial charge in [-0.3, -0.25) is 4.79 Å². The van der Waals surface area contributed by atoms with Crippen LogP contribution in [0, 0.1) is 5.92 Å². The number of hydrogen-bond acceptors (Lipinski definition) is 5. The average Bonchev–Trinajstić information content (AvgIpc) is 3.04. The Bertz CT molecular complexity index is 682. The maximum Gasteiger partial charge on any atom is 0.251 e. The van der Waals surface area contributed by atoms with E-state index >= 15 is 0 Å². The van der Waals surface area contributed by atoms with Crippen LogP contribution >= 0.6 is 0 Å². The molecular weight excluding hydrogens is 332 g/mol. The van der Waals surface area contributed by atoms with Crippen molar-refractivity contribution in [2.24, 2.45) is 5.92 Å². The lowest BCUT2D eigenvalue weighted by molar-refractivity contribution is 0.0944. The lowest BCUT2D eigenvalue weighted by atomic mass is 10.1. The van der Waals surface area contributed by atoms with E-state index in [9.17, 15) is 13.2 Å². The first-order chi connectivity index (χ1) is 11.3. The largest absolute Gasteiger partial charge is 0.495 e. The summed E-state index contributed by atoms with van der Waals surface area (Å²) in [6.45, 7) is 5.32. The molecule has 0 aromatic heterocycles. The molecule has 7 nitrogen and oxygen atoms in total. The summed E-state index contributed by atoms with van der Waals surface area (Å²) in [5.41, 5.74) is 0.277. The molecule has 0 spiro atoms. The minimum atomic E-state index is -3.76. The number of hydrogen-bond donors (Lipinski definition) is 2. The van der Waals surface area contributed by atoms with E-state index in [4.69, 9.17) is 9.47 Å². The molecule has 1 aromatic rings. The van der Waals surface area contributed by atoms with Gasteiger partial charge in [-0.15, -0.1) is 0 Å². The first-order valence-electron chi connectivity index (χ1n) is 7.90. The van der Waals surface area contributed by atoms with E-state index in [1.165, 1.54) is 19.2 Å². The quantitative estimate of drug-likeness (QED) is 0.764. The summed E-state index contributed by atoms with van der Waals surface area (Å²) in [6, 6.07) is 4.11. The number of sulfonamides is 1. The van der Waals surface area contributed by atoms with Crippen molar-refractivity contribution in [1.82, 2.24) is 10.0 Å². The number of ether oxygens (including phenoxy) is 2. The summed E-state index contributed by atoms with van der Waals surface area (Å²) >= 11 is 0. The van der Waals surface area contributed by atoms with Gasteiger partial charge in [-0.1, -0.05) is 0 Å². The molecule has 1 heterocycles. The molecule has 2 rings (SSSR count). The summed E-state index contributed by atoms with van der Waals surface area (Å²) in [5, 5.41) is 2.82. The maximum atomic E-state index is 12.4. The van der Waals surface area contributed by atoms with Crippen LogP contribution in [-0.2, 0) is 14.8 Å². The van der Waals surface area contributed by atoms with Crippen molar-refractivity contribution in [3.05, 3.63) is 23.8 Å². The Balaban J connectivity index is 2.19. The Morgan fingerprint density at radius 2 is 2.17 bits per heavy atom. The molecule has 1 aromatic carbocycles. The van der Waals surface area contributed by atoms with Gasteiger partial charge in [0.15, 0.2) is 0 Å². The van der Waals surface area contributed by atoms with Gasteiger partial charge in [0, 0.05) is 30.7 Å². The molecule has 1 unspecified atom stereocenters. The zero-order chi connectivity index (χ0) is 17.7. The van der Waals surface area contributed by atoms with Gasteiger partial charge in [0.1, 0.15) is 10.6 Å². The molecule has 1 fully saturated rings. The Morgan fingerprint density at radius 3 is 2.75 bits per heavy atom. The number of nitrogens with one attached hydrogen (secondary N) is 2. The molecule has 134 valence electrons. The van der Waals surface area contributed by atoms with E-state index in [0.29, 0.717) is 25.7 Å². The predicted octanol–water partition coefficient (Wildman–Crippen LogP) is 1.15. The second kappa shape index (κ2) is 7.96. The van der Waals surface area contributed by atoms with E-state index in [1.807, 2.05) is 0 Å². The average molecular weight is 356 g/mol. The van der Waals surface area contributed by atoms with Crippen LogP contribution in [0.15, 0.2) is 23.1 Å². The van der Waals surface area contributed by atoms with Crippen LogP contribution in [0.4, 0.5) is 0 Å². The van der Waals surface area contributed by atoms with Crippen molar-refractivity contribution in [2.45, 2.75) is 31.2 Å². The zero-order valence-corrected chi connectivity index (χ0v) is 15.0. The molecule has 24 heavy (non-hydrogen) atoms. The summed E-state index contributed by atoms with van der Waals surface area (Å²) in [6.07, 6.45) is 0.917. The molecule has 1 atom stereocenters. The van der Waals surface area contributed by atoms with E-state index in [2.05, 4.69) is 10.0 Å². The SMILES string of the molecule is COc1ccc(C(=O)NCC2CCOC2)cc1S(=O)(=O)NC(C)C. The van der Waals surface area contributed by atoms with E-state index in [-0.39, 0.29) is 28.2 Å². The third-order valence-corrected chi connectivity index (χ3v) is 5.36. The fourth-order valence-corrected chi connectivity index (χ4v) is 3.93. The molecule has 2 N–H and O–H groups in total. The van der Waals surface area contributed by atoms with Crippen LogP contribution < -0.4 is 14.8 Å². The fourth-order valence-electron chi connectivity index (χ4n) is 2.49.